The van der Waals surface area contributed by atoms with Gasteiger partial charge in [-0.15, -0.1) is 11.8 Å². The molecule has 0 spiro atoms. The number of nitrogens with zero attached hydrogens (tertiary/aromatic N) is 1. The normalized spacial score (nSPS) is 12.2. The lowest BCUT2D eigenvalue weighted by molar-refractivity contribution is -0.144. The summed E-state index contributed by atoms with van der Waals surface area (Å²) in [5.74, 6) is 0.474. The van der Waals surface area contributed by atoms with E-state index in [0.29, 0.717) is 35.3 Å². The van der Waals surface area contributed by atoms with Gasteiger partial charge in [-0.05, 0) is 25.3 Å². The molecule has 1 rings (SSSR count). The molecule has 3 nitrogen and oxygen atoms in total. The molecule has 0 aromatic carbocycles. The first-order valence-corrected chi connectivity index (χ1v) is 8.96. The van der Waals surface area contributed by atoms with E-state index in [4.69, 9.17) is 4.74 Å². The highest BCUT2D eigenvalue weighted by Crippen LogP contribution is 2.23. The van der Waals surface area contributed by atoms with Crippen molar-refractivity contribution in [3.8, 4) is 0 Å². The van der Waals surface area contributed by atoms with Crippen LogP contribution < -0.4 is 0 Å². The van der Waals surface area contributed by atoms with Gasteiger partial charge in [-0.3, -0.25) is 9.78 Å². The second-order valence-corrected chi connectivity index (χ2v) is 6.54. The second kappa shape index (κ2) is 10.6. The second-order valence-electron chi connectivity index (χ2n) is 5.41. The molecular weight excluding hydrogens is 301 g/mol. The Morgan fingerprint density at radius 1 is 1.45 bits per heavy atom. The molecular formula is C17H26FNO2S. The number of carbonyl (C=O) groups excluding carboxylic acids is 1. The summed E-state index contributed by atoms with van der Waals surface area (Å²) in [6, 6.07) is 1.64. The van der Waals surface area contributed by atoms with Crippen molar-refractivity contribution in [2.24, 2.45) is 5.92 Å². The van der Waals surface area contributed by atoms with E-state index >= 15 is 0 Å². The average molecular weight is 327 g/mol. The highest BCUT2D eigenvalue weighted by molar-refractivity contribution is 7.99. The molecule has 0 bridgehead atoms. The molecule has 1 unspecified atom stereocenters. The van der Waals surface area contributed by atoms with Crippen LogP contribution in [0.4, 0.5) is 4.39 Å². The lowest BCUT2D eigenvalue weighted by atomic mass is 10.0. The van der Waals surface area contributed by atoms with Crippen LogP contribution in [0.3, 0.4) is 0 Å². The van der Waals surface area contributed by atoms with E-state index in [1.165, 1.54) is 18.2 Å². The third-order valence-electron chi connectivity index (χ3n) is 3.62. The quantitative estimate of drug-likeness (QED) is 0.458. The van der Waals surface area contributed by atoms with Gasteiger partial charge in [0.1, 0.15) is 0 Å². The first kappa shape index (κ1) is 18.9. The Kier molecular flexibility index (Phi) is 9.13. The number of esters is 1. The number of rotatable bonds is 10. The molecule has 1 aromatic heterocycles. The minimum absolute atomic E-state index is 0.200. The van der Waals surface area contributed by atoms with E-state index < -0.39 is 0 Å². The van der Waals surface area contributed by atoms with Crippen molar-refractivity contribution < 1.29 is 13.9 Å². The van der Waals surface area contributed by atoms with Crippen LogP contribution in [0.15, 0.2) is 17.2 Å². The van der Waals surface area contributed by atoms with Crippen molar-refractivity contribution in [3.63, 3.8) is 0 Å². The summed E-state index contributed by atoms with van der Waals surface area (Å²) in [6.45, 7) is 6.42. The average Bonchev–Trinajstić information content (AvgIpc) is 2.51. The Morgan fingerprint density at radius 3 is 2.91 bits per heavy atom. The van der Waals surface area contributed by atoms with Crippen molar-refractivity contribution in [2.75, 3.05) is 12.4 Å². The molecule has 1 atom stereocenters. The molecule has 0 amide bonds. The van der Waals surface area contributed by atoms with Gasteiger partial charge in [0.25, 0.3) is 0 Å². The fraction of sp³-hybridized carbons (Fsp3) is 0.647. The Hall–Kier alpha value is -1.10. The van der Waals surface area contributed by atoms with Crippen LogP contribution in [-0.4, -0.2) is 23.3 Å². The lowest BCUT2D eigenvalue weighted by Crippen LogP contribution is -2.14. The molecule has 5 heteroatoms. The van der Waals surface area contributed by atoms with Gasteiger partial charge in [-0.25, -0.2) is 4.39 Å². The van der Waals surface area contributed by atoms with Crippen LogP contribution in [0.5, 0.6) is 0 Å². The number of halogens is 1. The molecule has 124 valence electrons. The van der Waals surface area contributed by atoms with E-state index in [-0.39, 0.29) is 11.8 Å². The van der Waals surface area contributed by atoms with Crippen molar-refractivity contribution in [1.29, 1.82) is 0 Å². The summed E-state index contributed by atoms with van der Waals surface area (Å²) in [7, 11) is 0. The summed E-state index contributed by atoms with van der Waals surface area (Å²) < 4.78 is 19.1. The minimum atomic E-state index is -0.300. The van der Waals surface area contributed by atoms with Crippen molar-refractivity contribution >= 4 is 17.7 Å². The Bertz CT molecular complexity index is 468. The summed E-state index contributed by atoms with van der Waals surface area (Å²) in [6.07, 6.45) is 6.36. The summed E-state index contributed by atoms with van der Waals surface area (Å²) in [4.78, 5) is 16.2. The highest BCUT2D eigenvalue weighted by Gasteiger charge is 2.11. The maximum atomic E-state index is 13.7. The van der Waals surface area contributed by atoms with E-state index in [9.17, 15) is 9.18 Å². The minimum Gasteiger partial charge on any atom is -0.465 e. The monoisotopic (exact) mass is 327 g/mol. The van der Waals surface area contributed by atoms with E-state index in [0.717, 1.165) is 19.3 Å². The van der Waals surface area contributed by atoms with Crippen molar-refractivity contribution in [2.45, 2.75) is 57.8 Å². The third kappa shape index (κ3) is 6.77. The molecule has 0 aliphatic rings. The van der Waals surface area contributed by atoms with E-state index in [2.05, 4.69) is 18.8 Å². The predicted molar refractivity (Wildman–Crippen MR) is 88.5 cm³/mol. The van der Waals surface area contributed by atoms with Crippen LogP contribution in [0.1, 0.15) is 51.6 Å². The number of thioether (sulfide) groups is 1. The number of aryl methyl sites for hydroxylation is 1. The third-order valence-corrected chi connectivity index (χ3v) is 4.65. The lowest BCUT2D eigenvalue weighted by Gasteiger charge is -2.14. The van der Waals surface area contributed by atoms with Crippen LogP contribution in [0.2, 0.25) is 0 Å². The maximum absolute atomic E-state index is 13.7. The Morgan fingerprint density at radius 2 is 2.23 bits per heavy atom. The smallest absolute Gasteiger partial charge is 0.306 e. The zero-order valence-corrected chi connectivity index (χ0v) is 14.5. The van der Waals surface area contributed by atoms with E-state index in [1.54, 1.807) is 19.2 Å². The number of carbonyl (C=O) groups is 1. The number of hydrogen-bond donors (Lipinski definition) is 0. The number of aromatic nitrogens is 1. The van der Waals surface area contributed by atoms with Crippen LogP contribution in [0.25, 0.3) is 0 Å². The molecule has 0 saturated carbocycles. The van der Waals surface area contributed by atoms with Crippen LogP contribution >= 0.6 is 11.8 Å². The molecule has 0 saturated heterocycles. The fourth-order valence-electron chi connectivity index (χ4n) is 2.06. The number of unbranched alkanes of at least 4 members (excludes halogenated alkanes) is 1. The summed E-state index contributed by atoms with van der Waals surface area (Å²) in [5, 5.41) is 0. The van der Waals surface area contributed by atoms with Crippen LogP contribution in [0, 0.1) is 18.7 Å². The Labute approximate surface area is 137 Å². The zero-order valence-electron chi connectivity index (χ0n) is 13.7. The van der Waals surface area contributed by atoms with Gasteiger partial charge >= 0.3 is 5.97 Å². The topological polar surface area (TPSA) is 39.2 Å². The van der Waals surface area contributed by atoms with Gasteiger partial charge in [0, 0.05) is 16.8 Å². The predicted octanol–water partition coefficient (Wildman–Crippen LogP) is 4.77. The SMILES string of the molecule is CCCCC(CC)COC(=O)CCSc1ccnc(C)c1F. The summed E-state index contributed by atoms with van der Waals surface area (Å²) in [5.41, 5.74) is 0.384. The molecule has 22 heavy (non-hydrogen) atoms. The van der Waals surface area contributed by atoms with Gasteiger partial charge in [-0.1, -0.05) is 33.1 Å². The van der Waals surface area contributed by atoms with Gasteiger partial charge in [0.15, 0.2) is 5.82 Å². The molecule has 1 aromatic rings. The van der Waals surface area contributed by atoms with Crippen molar-refractivity contribution in [1.82, 2.24) is 4.98 Å². The molecule has 0 aliphatic heterocycles. The Balaban J connectivity index is 2.27. The van der Waals surface area contributed by atoms with Gasteiger partial charge in [0.05, 0.1) is 18.7 Å². The summed E-state index contributed by atoms with van der Waals surface area (Å²) >= 11 is 1.33. The zero-order chi connectivity index (χ0) is 16.4. The number of hydrogen-bond acceptors (Lipinski definition) is 4. The fourth-order valence-corrected chi connectivity index (χ4v) is 2.98. The van der Waals surface area contributed by atoms with Gasteiger partial charge in [-0.2, -0.15) is 0 Å². The number of pyridine rings is 1. The van der Waals surface area contributed by atoms with Gasteiger partial charge < -0.3 is 4.74 Å². The number of ether oxygens (including phenoxy) is 1. The maximum Gasteiger partial charge on any atom is 0.306 e. The first-order chi connectivity index (χ1) is 10.6. The molecule has 0 N–H and O–H groups in total. The molecule has 0 aliphatic carbocycles. The molecule has 1 heterocycles. The molecule has 0 radical (unpaired) electrons. The van der Waals surface area contributed by atoms with Crippen molar-refractivity contribution in [3.05, 3.63) is 23.8 Å². The van der Waals surface area contributed by atoms with E-state index in [1.807, 2.05) is 0 Å². The molecule has 0 fully saturated rings. The standard InChI is InChI=1S/C17H26FNO2S/c1-4-6-7-14(5-2)12-21-16(20)9-11-22-15-8-10-19-13(3)17(15)18/h8,10,14H,4-7,9,11-12H2,1-3H3. The van der Waals surface area contributed by atoms with Crippen LogP contribution in [-0.2, 0) is 9.53 Å². The highest BCUT2D eigenvalue weighted by atomic mass is 32.2. The largest absolute Gasteiger partial charge is 0.465 e. The first-order valence-electron chi connectivity index (χ1n) is 7.98. The van der Waals surface area contributed by atoms with Gasteiger partial charge in [0.2, 0.25) is 0 Å².